The second kappa shape index (κ2) is 9.26. The van der Waals surface area contributed by atoms with E-state index in [1.165, 1.54) is 0 Å². The molecule has 3 aliphatic heterocycles. The summed E-state index contributed by atoms with van der Waals surface area (Å²) in [5.74, 6) is -0.585. The number of aromatic hydroxyl groups is 1. The standard InChI is InChI=1S/C23H32N4O4/c24-11-3-1-2-4-12-25-21(29)17-14-19-22(30)26-13-5-6-18(26)23(31)27(19)20(17)15-7-9-16(28)10-8-15/h7-10,17-20,28H,1-6,11-14,24H2,(H,25,29)/t17-,18-,19-,20-/m0/s1. The number of phenolic OH excluding ortho intramolecular Hbond substituents is 1. The topological polar surface area (TPSA) is 116 Å². The minimum Gasteiger partial charge on any atom is -0.508 e. The number of fused-ring (bicyclic) bond motifs is 2. The van der Waals surface area contributed by atoms with E-state index in [9.17, 15) is 19.5 Å². The Hall–Kier alpha value is -2.61. The molecular weight excluding hydrogens is 396 g/mol. The fraction of sp³-hybridized carbons (Fsp3) is 0.609. The number of amides is 3. The molecule has 8 heteroatoms. The zero-order valence-electron chi connectivity index (χ0n) is 17.8. The summed E-state index contributed by atoms with van der Waals surface area (Å²) in [5.41, 5.74) is 6.29. The number of nitrogens with two attached hydrogens (primary N) is 1. The molecule has 0 aromatic heterocycles. The Kier molecular flexibility index (Phi) is 6.46. The van der Waals surface area contributed by atoms with E-state index in [4.69, 9.17) is 5.73 Å². The third-order valence-corrected chi connectivity index (χ3v) is 6.86. The first-order valence-electron chi connectivity index (χ1n) is 11.4. The number of nitrogens with zero attached hydrogens (tertiary/aromatic N) is 2. The molecule has 1 aromatic carbocycles. The van der Waals surface area contributed by atoms with E-state index in [1.807, 2.05) is 0 Å². The quantitative estimate of drug-likeness (QED) is 0.540. The van der Waals surface area contributed by atoms with Gasteiger partial charge < -0.3 is 26.0 Å². The fourth-order valence-electron chi connectivity index (χ4n) is 5.31. The lowest BCUT2D eigenvalue weighted by Gasteiger charge is -2.41. The van der Waals surface area contributed by atoms with Gasteiger partial charge in [0, 0.05) is 13.1 Å². The maximum atomic E-state index is 13.4. The van der Waals surface area contributed by atoms with Crippen molar-refractivity contribution in [2.45, 2.75) is 63.1 Å². The molecule has 0 spiro atoms. The minimum absolute atomic E-state index is 0.0389. The number of carbonyl (C=O) groups is 3. The summed E-state index contributed by atoms with van der Waals surface area (Å²) in [4.78, 5) is 43.0. The van der Waals surface area contributed by atoms with Crippen LogP contribution in [0.25, 0.3) is 0 Å². The first-order valence-corrected chi connectivity index (χ1v) is 11.4. The minimum atomic E-state index is -0.596. The maximum absolute atomic E-state index is 13.4. The van der Waals surface area contributed by atoms with E-state index < -0.39 is 24.0 Å². The molecule has 3 heterocycles. The highest BCUT2D eigenvalue weighted by Crippen LogP contribution is 2.46. The molecule has 31 heavy (non-hydrogen) atoms. The van der Waals surface area contributed by atoms with Crippen LogP contribution in [-0.4, -0.2) is 64.3 Å². The number of phenols is 1. The van der Waals surface area contributed by atoms with Gasteiger partial charge in [-0.15, -0.1) is 0 Å². The Morgan fingerprint density at radius 1 is 1.06 bits per heavy atom. The summed E-state index contributed by atoms with van der Waals surface area (Å²) in [6.45, 7) is 1.87. The Bertz CT molecular complexity index is 827. The number of nitrogens with one attached hydrogen (secondary N) is 1. The maximum Gasteiger partial charge on any atom is 0.246 e. The molecular formula is C23H32N4O4. The average Bonchev–Trinajstić information content (AvgIpc) is 3.41. The van der Waals surface area contributed by atoms with Crippen LogP contribution >= 0.6 is 0 Å². The summed E-state index contributed by atoms with van der Waals surface area (Å²) in [6, 6.07) is 5.11. The van der Waals surface area contributed by atoms with Gasteiger partial charge in [0.05, 0.1) is 12.0 Å². The van der Waals surface area contributed by atoms with E-state index in [-0.39, 0.29) is 23.5 Å². The molecule has 4 rings (SSSR count). The van der Waals surface area contributed by atoms with E-state index in [0.717, 1.165) is 37.7 Å². The highest BCUT2D eigenvalue weighted by Gasteiger charge is 2.57. The van der Waals surface area contributed by atoms with Crippen molar-refractivity contribution in [1.82, 2.24) is 15.1 Å². The summed E-state index contributed by atoms with van der Waals surface area (Å²) < 4.78 is 0. The molecule has 1 aromatic rings. The van der Waals surface area contributed by atoms with Gasteiger partial charge in [0.25, 0.3) is 0 Å². The Labute approximate surface area is 182 Å². The summed E-state index contributed by atoms with van der Waals surface area (Å²) in [6.07, 6.45) is 5.75. The van der Waals surface area contributed by atoms with Crippen LogP contribution in [0.5, 0.6) is 5.75 Å². The predicted octanol–water partition coefficient (Wildman–Crippen LogP) is 1.29. The molecule has 168 valence electrons. The number of hydrogen-bond donors (Lipinski definition) is 3. The van der Waals surface area contributed by atoms with Gasteiger partial charge >= 0.3 is 0 Å². The van der Waals surface area contributed by atoms with Crippen molar-refractivity contribution in [1.29, 1.82) is 0 Å². The molecule has 0 bridgehead atoms. The van der Waals surface area contributed by atoms with Crippen molar-refractivity contribution in [2.75, 3.05) is 19.6 Å². The van der Waals surface area contributed by atoms with Crippen LogP contribution in [-0.2, 0) is 14.4 Å². The third kappa shape index (κ3) is 4.13. The number of piperazine rings is 1. The van der Waals surface area contributed by atoms with Crippen LogP contribution in [0.4, 0.5) is 0 Å². The number of unbranched alkanes of at least 4 members (excludes halogenated alkanes) is 3. The van der Waals surface area contributed by atoms with E-state index in [2.05, 4.69) is 5.32 Å². The normalized spacial score (nSPS) is 27.4. The molecule has 0 aliphatic carbocycles. The van der Waals surface area contributed by atoms with Gasteiger partial charge in [0.1, 0.15) is 17.8 Å². The second-order valence-corrected chi connectivity index (χ2v) is 8.82. The van der Waals surface area contributed by atoms with E-state index in [0.29, 0.717) is 32.5 Å². The number of carbonyl (C=O) groups excluding carboxylic acids is 3. The van der Waals surface area contributed by atoms with Crippen molar-refractivity contribution in [3.8, 4) is 5.75 Å². The number of benzene rings is 1. The van der Waals surface area contributed by atoms with Crippen molar-refractivity contribution >= 4 is 17.7 Å². The Morgan fingerprint density at radius 3 is 2.55 bits per heavy atom. The van der Waals surface area contributed by atoms with Crippen LogP contribution in [0.2, 0.25) is 0 Å². The molecule has 0 unspecified atom stereocenters. The molecule has 8 nitrogen and oxygen atoms in total. The molecule has 4 N–H and O–H groups in total. The van der Waals surface area contributed by atoms with Crippen molar-refractivity contribution < 1.29 is 19.5 Å². The van der Waals surface area contributed by atoms with Crippen molar-refractivity contribution in [3.63, 3.8) is 0 Å². The Morgan fingerprint density at radius 2 is 1.81 bits per heavy atom. The SMILES string of the molecule is NCCCCCCNC(=O)[C@H]1C[C@H]2C(=O)N3CCC[C@H]3C(=O)N2[C@H]1c1ccc(O)cc1. The fourth-order valence-corrected chi connectivity index (χ4v) is 5.31. The van der Waals surface area contributed by atoms with Gasteiger partial charge in [0.15, 0.2) is 0 Å². The van der Waals surface area contributed by atoms with Crippen molar-refractivity contribution in [2.24, 2.45) is 11.7 Å². The van der Waals surface area contributed by atoms with Crippen LogP contribution in [0.3, 0.4) is 0 Å². The lowest BCUT2D eigenvalue weighted by Crippen LogP contribution is -2.60. The highest BCUT2D eigenvalue weighted by atomic mass is 16.3. The third-order valence-electron chi connectivity index (χ3n) is 6.86. The zero-order chi connectivity index (χ0) is 22.0. The lowest BCUT2D eigenvalue weighted by molar-refractivity contribution is -0.159. The average molecular weight is 429 g/mol. The monoisotopic (exact) mass is 428 g/mol. The zero-order valence-corrected chi connectivity index (χ0v) is 17.8. The summed E-state index contributed by atoms with van der Waals surface area (Å²) in [5, 5.41) is 12.7. The van der Waals surface area contributed by atoms with Gasteiger partial charge in [-0.3, -0.25) is 14.4 Å². The highest BCUT2D eigenvalue weighted by molar-refractivity contribution is 5.99. The molecule has 0 radical (unpaired) electrons. The second-order valence-electron chi connectivity index (χ2n) is 8.82. The largest absolute Gasteiger partial charge is 0.508 e. The molecule has 3 saturated heterocycles. The number of hydrogen-bond acceptors (Lipinski definition) is 5. The number of rotatable bonds is 8. The van der Waals surface area contributed by atoms with Crippen LogP contribution < -0.4 is 11.1 Å². The molecule has 3 amide bonds. The van der Waals surface area contributed by atoms with Gasteiger partial charge in [-0.25, -0.2) is 0 Å². The smallest absolute Gasteiger partial charge is 0.246 e. The molecule has 4 atom stereocenters. The van der Waals surface area contributed by atoms with Gasteiger partial charge in [0.2, 0.25) is 17.7 Å². The van der Waals surface area contributed by atoms with Gasteiger partial charge in [-0.05, 0) is 56.3 Å². The Balaban J connectivity index is 1.54. The van der Waals surface area contributed by atoms with Gasteiger partial charge in [-0.2, -0.15) is 0 Å². The first kappa shape index (κ1) is 21.6. The van der Waals surface area contributed by atoms with Crippen LogP contribution in [0, 0.1) is 5.92 Å². The van der Waals surface area contributed by atoms with E-state index >= 15 is 0 Å². The lowest BCUT2D eigenvalue weighted by atomic mass is 9.92. The predicted molar refractivity (Wildman–Crippen MR) is 115 cm³/mol. The summed E-state index contributed by atoms with van der Waals surface area (Å²) >= 11 is 0. The molecule has 3 aliphatic rings. The molecule has 0 saturated carbocycles. The molecule has 3 fully saturated rings. The van der Waals surface area contributed by atoms with Crippen molar-refractivity contribution in [3.05, 3.63) is 29.8 Å². The first-order chi connectivity index (χ1) is 15.0. The van der Waals surface area contributed by atoms with Crippen LogP contribution in [0.15, 0.2) is 24.3 Å². The van der Waals surface area contributed by atoms with Crippen LogP contribution in [0.1, 0.15) is 56.6 Å². The summed E-state index contributed by atoms with van der Waals surface area (Å²) in [7, 11) is 0. The van der Waals surface area contributed by atoms with E-state index in [1.54, 1.807) is 34.1 Å². The van der Waals surface area contributed by atoms with Gasteiger partial charge in [-0.1, -0.05) is 25.0 Å².